The first-order valence-corrected chi connectivity index (χ1v) is 11.2. The number of methoxy groups -OCH3 is 1. The third-order valence-corrected chi connectivity index (χ3v) is 5.99. The average Bonchev–Trinajstić information content (AvgIpc) is 2.86. The molecule has 2 aromatic rings. The maximum atomic E-state index is 13.2. The molecule has 0 fully saturated rings. The lowest BCUT2D eigenvalue weighted by Gasteiger charge is -2.31. The minimum Gasteiger partial charge on any atom is -0.383 e. The van der Waals surface area contributed by atoms with Crippen molar-refractivity contribution in [1.82, 2.24) is 14.9 Å². The molecule has 1 unspecified atom stereocenters. The van der Waals surface area contributed by atoms with Gasteiger partial charge in [-0.25, -0.2) is 14.8 Å². The quantitative estimate of drug-likeness (QED) is 0.435. The Bertz CT molecular complexity index is 1160. The zero-order valence-electron chi connectivity index (χ0n) is 20.3. The van der Waals surface area contributed by atoms with Crippen molar-refractivity contribution in [3.63, 3.8) is 0 Å². The molecule has 0 spiro atoms. The predicted molar refractivity (Wildman–Crippen MR) is 130 cm³/mol. The van der Waals surface area contributed by atoms with Crippen LogP contribution in [0.1, 0.15) is 53.5 Å². The molecule has 0 radical (unpaired) electrons. The fourth-order valence-electron chi connectivity index (χ4n) is 3.86. The summed E-state index contributed by atoms with van der Waals surface area (Å²) in [6, 6.07) is 4.71. The molecular formula is C24H29N7O4. The highest BCUT2D eigenvalue weighted by Gasteiger charge is 2.28. The van der Waals surface area contributed by atoms with Crippen molar-refractivity contribution < 1.29 is 19.1 Å². The maximum Gasteiger partial charge on any atom is 0.328 e. The summed E-state index contributed by atoms with van der Waals surface area (Å²) >= 11 is 0. The number of ether oxygens (including phenoxy) is 1. The third kappa shape index (κ3) is 5.73. The van der Waals surface area contributed by atoms with Crippen LogP contribution in [-0.2, 0) is 16.0 Å². The Labute approximate surface area is 204 Å². The van der Waals surface area contributed by atoms with Crippen LogP contribution in [0.5, 0.6) is 0 Å². The van der Waals surface area contributed by atoms with Crippen LogP contribution >= 0.6 is 0 Å². The van der Waals surface area contributed by atoms with E-state index in [1.54, 1.807) is 25.1 Å². The van der Waals surface area contributed by atoms with Crippen LogP contribution in [-0.4, -0.2) is 66.9 Å². The highest BCUT2D eigenvalue weighted by atomic mass is 16.5. The van der Waals surface area contributed by atoms with Crippen LogP contribution in [0.25, 0.3) is 0 Å². The number of hydrogen-bond donors (Lipinski definition) is 2. The van der Waals surface area contributed by atoms with E-state index in [4.69, 9.17) is 4.74 Å². The summed E-state index contributed by atoms with van der Waals surface area (Å²) in [6.45, 7) is 4.65. The van der Waals surface area contributed by atoms with E-state index in [9.17, 15) is 19.6 Å². The number of amides is 3. The lowest BCUT2D eigenvalue weighted by molar-refractivity contribution is -0.129. The number of urea groups is 1. The molecule has 2 aromatic heterocycles. The Morgan fingerprint density at radius 1 is 1.40 bits per heavy atom. The number of fused-ring (bicyclic) bond motifs is 1. The zero-order valence-corrected chi connectivity index (χ0v) is 20.3. The number of carbonyl (C=O) groups is 3. The van der Waals surface area contributed by atoms with Crippen molar-refractivity contribution >= 4 is 35.5 Å². The van der Waals surface area contributed by atoms with Gasteiger partial charge in [-0.1, -0.05) is 0 Å². The molecule has 0 bridgehead atoms. The first kappa shape index (κ1) is 25.6. The molecule has 1 aliphatic heterocycles. The molecular weight excluding hydrogens is 450 g/mol. The predicted octanol–water partition coefficient (Wildman–Crippen LogP) is 2.74. The van der Waals surface area contributed by atoms with Crippen LogP contribution in [0, 0.1) is 11.3 Å². The minimum atomic E-state index is -0.447. The number of hydrogen-bond acceptors (Lipinski definition) is 8. The van der Waals surface area contributed by atoms with E-state index >= 15 is 0 Å². The topological polar surface area (TPSA) is 141 Å². The zero-order chi connectivity index (χ0) is 25.5. The lowest BCUT2D eigenvalue weighted by Crippen LogP contribution is -2.40. The number of aldehydes is 1. The average molecular weight is 480 g/mol. The van der Waals surface area contributed by atoms with Crippen LogP contribution in [0.15, 0.2) is 18.3 Å². The van der Waals surface area contributed by atoms with E-state index in [2.05, 4.69) is 26.7 Å². The highest BCUT2D eigenvalue weighted by molar-refractivity contribution is 6.02. The molecule has 11 heteroatoms. The van der Waals surface area contributed by atoms with Gasteiger partial charge < -0.3 is 15.0 Å². The normalized spacial score (nSPS) is 13.3. The van der Waals surface area contributed by atoms with Crippen molar-refractivity contribution in [3.8, 4) is 6.07 Å². The van der Waals surface area contributed by atoms with Gasteiger partial charge in [0.15, 0.2) is 6.29 Å². The van der Waals surface area contributed by atoms with E-state index in [0.29, 0.717) is 61.5 Å². The molecule has 184 valence electrons. The summed E-state index contributed by atoms with van der Waals surface area (Å²) in [5.41, 5.74) is 2.52. The van der Waals surface area contributed by atoms with Crippen molar-refractivity contribution in [2.45, 2.75) is 32.7 Å². The Balaban J connectivity index is 1.87. The van der Waals surface area contributed by atoms with Gasteiger partial charge in [-0.15, -0.1) is 0 Å². The highest BCUT2D eigenvalue weighted by Crippen LogP contribution is 2.31. The second kappa shape index (κ2) is 11.4. The van der Waals surface area contributed by atoms with E-state index in [1.807, 2.05) is 13.0 Å². The number of pyridine rings is 2. The Hall–Kier alpha value is -4.04. The van der Waals surface area contributed by atoms with Gasteiger partial charge in [0.2, 0.25) is 5.91 Å². The SMILES string of the molecule is COCCNc1cc(NC(=O)N2CCCc3cc(C(C)N(C)C(C)=O)c(C=O)nc32)ncc1C#N. The number of nitrogens with zero attached hydrogens (tertiary/aromatic N) is 5. The Morgan fingerprint density at radius 2 is 2.17 bits per heavy atom. The minimum absolute atomic E-state index is 0.126. The summed E-state index contributed by atoms with van der Waals surface area (Å²) in [4.78, 5) is 48.5. The van der Waals surface area contributed by atoms with Gasteiger partial charge >= 0.3 is 6.03 Å². The molecule has 3 heterocycles. The van der Waals surface area contributed by atoms with Crippen molar-refractivity contribution in [2.75, 3.05) is 49.4 Å². The smallest absolute Gasteiger partial charge is 0.328 e. The van der Waals surface area contributed by atoms with Crippen LogP contribution < -0.4 is 15.5 Å². The number of nitriles is 1. The first-order valence-electron chi connectivity index (χ1n) is 11.2. The second-order valence-corrected chi connectivity index (χ2v) is 8.20. The summed E-state index contributed by atoms with van der Waals surface area (Å²) in [5, 5.41) is 15.2. The summed E-state index contributed by atoms with van der Waals surface area (Å²) < 4.78 is 5.02. The number of aromatic nitrogens is 2. The van der Waals surface area contributed by atoms with Crippen LogP contribution in [0.3, 0.4) is 0 Å². The van der Waals surface area contributed by atoms with Crippen molar-refractivity contribution in [3.05, 3.63) is 40.7 Å². The number of carbonyl (C=O) groups excluding carboxylic acids is 3. The first-order chi connectivity index (χ1) is 16.8. The summed E-state index contributed by atoms with van der Waals surface area (Å²) in [6.07, 6.45) is 3.43. The molecule has 0 saturated carbocycles. The molecule has 1 atom stereocenters. The third-order valence-electron chi connectivity index (χ3n) is 5.99. The molecule has 3 rings (SSSR count). The molecule has 0 aliphatic carbocycles. The second-order valence-electron chi connectivity index (χ2n) is 8.20. The number of rotatable bonds is 8. The van der Waals surface area contributed by atoms with Gasteiger partial charge in [0.25, 0.3) is 0 Å². The maximum absolute atomic E-state index is 13.2. The molecule has 3 amide bonds. The van der Waals surface area contributed by atoms with Crippen LogP contribution in [0.4, 0.5) is 22.1 Å². The fraction of sp³-hybridized carbons (Fsp3) is 0.417. The standard InChI is InChI=1S/C24H29N7O4/c1-15(30(3)16(2)33)19-10-17-6-5-8-31(23(17)28-21(19)14-32)24(34)29-22-11-20(26-7-9-35-4)18(12-25)13-27-22/h10-11,13-15H,5-9H2,1-4H3,(H2,26,27,29,34). The molecule has 0 aromatic carbocycles. The van der Waals surface area contributed by atoms with Gasteiger partial charge in [-0.3, -0.25) is 19.8 Å². The molecule has 1 aliphatic rings. The monoisotopic (exact) mass is 479 g/mol. The van der Waals surface area contributed by atoms with E-state index in [-0.39, 0.29) is 23.5 Å². The van der Waals surface area contributed by atoms with Gasteiger partial charge in [0, 0.05) is 52.0 Å². The largest absolute Gasteiger partial charge is 0.383 e. The number of aryl methyl sites for hydroxylation is 1. The van der Waals surface area contributed by atoms with Gasteiger partial charge in [0.1, 0.15) is 23.4 Å². The van der Waals surface area contributed by atoms with E-state index < -0.39 is 6.03 Å². The van der Waals surface area contributed by atoms with Gasteiger partial charge in [-0.2, -0.15) is 5.26 Å². The van der Waals surface area contributed by atoms with E-state index in [1.165, 1.54) is 18.0 Å². The van der Waals surface area contributed by atoms with E-state index in [0.717, 1.165) is 5.56 Å². The molecule has 0 saturated heterocycles. The lowest BCUT2D eigenvalue weighted by atomic mass is 9.98. The molecule has 35 heavy (non-hydrogen) atoms. The van der Waals surface area contributed by atoms with Gasteiger partial charge in [-0.05, 0) is 31.4 Å². The Kier molecular flexibility index (Phi) is 8.33. The number of anilines is 3. The molecule has 11 nitrogen and oxygen atoms in total. The van der Waals surface area contributed by atoms with Crippen molar-refractivity contribution in [2.24, 2.45) is 0 Å². The summed E-state index contributed by atoms with van der Waals surface area (Å²) in [7, 11) is 3.25. The van der Waals surface area contributed by atoms with Gasteiger partial charge in [0.05, 0.1) is 23.9 Å². The fourth-order valence-corrected chi connectivity index (χ4v) is 3.86. The molecule has 2 N–H and O–H groups in total. The Morgan fingerprint density at radius 3 is 2.83 bits per heavy atom. The summed E-state index contributed by atoms with van der Waals surface area (Å²) in [5.74, 6) is 0.549. The number of nitrogens with one attached hydrogen (secondary N) is 2. The van der Waals surface area contributed by atoms with Crippen LogP contribution in [0.2, 0.25) is 0 Å². The van der Waals surface area contributed by atoms with Crippen molar-refractivity contribution in [1.29, 1.82) is 5.26 Å².